The van der Waals surface area contributed by atoms with Crippen LogP contribution in [0.15, 0.2) is 194 Å². The molecule has 1 aliphatic rings. The molecular weight excluding hydrogens is 705 g/mol. The van der Waals surface area contributed by atoms with E-state index in [4.69, 9.17) is 4.98 Å². The molecule has 0 spiro atoms. The Hall–Kier alpha value is -7.61. The van der Waals surface area contributed by atoms with Gasteiger partial charge in [-0.2, -0.15) is 0 Å². The molecule has 2 heterocycles. The van der Waals surface area contributed by atoms with E-state index in [0.29, 0.717) is 0 Å². The summed E-state index contributed by atoms with van der Waals surface area (Å²) >= 11 is 0. The van der Waals surface area contributed by atoms with E-state index in [2.05, 4.69) is 234 Å². The van der Waals surface area contributed by atoms with Gasteiger partial charge in [0, 0.05) is 50.1 Å². The van der Waals surface area contributed by atoms with Crippen LogP contribution < -0.4 is 4.90 Å². The molecule has 0 saturated heterocycles. The molecule has 4 heteroatoms. The van der Waals surface area contributed by atoms with Crippen molar-refractivity contribution in [2.75, 3.05) is 4.90 Å². The van der Waals surface area contributed by atoms with Crippen LogP contribution >= 0.6 is 0 Å². The molecule has 274 valence electrons. The van der Waals surface area contributed by atoms with Gasteiger partial charge >= 0.3 is 0 Å². The number of hydrogen-bond donors (Lipinski definition) is 0. The number of anilines is 3. The summed E-state index contributed by atoms with van der Waals surface area (Å²) in [5, 5.41) is 2.44. The first-order valence-electron chi connectivity index (χ1n) is 19.8. The number of aromatic nitrogens is 3. The minimum atomic E-state index is -0.211. The van der Waals surface area contributed by atoms with Gasteiger partial charge in [0.1, 0.15) is 0 Å². The summed E-state index contributed by atoms with van der Waals surface area (Å²) in [7, 11) is 0. The van der Waals surface area contributed by atoms with Gasteiger partial charge < -0.3 is 4.90 Å². The second-order valence-electron chi connectivity index (χ2n) is 15.5. The van der Waals surface area contributed by atoms with Gasteiger partial charge in [0.25, 0.3) is 0 Å². The van der Waals surface area contributed by atoms with Gasteiger partial charge in [-0.15, -0.1) is 0 Å². The van der Waals surface area contributed by atoms with Crippen LogP contribution in [-0.2, 0) is 5.41 Å². The van der Waals surface area contributed by atoms with Crippen LogP contribution in [-0.4, -0.2) is 14.1 Å². The molecule has 0 saturated carbocycles. The summed E-state index contributed by atoms with van der Waals surface area (Å²) < 4.78 is 4.64. The first-order chi connectivity index (χ1) is 28.5. The van der Waals surface area contributed by atoms with E-state index in [-0.39, 0.29) is 5.41 Å². The summed E-state index contributed by atoms with van der Waals surface area (Å²) in [5.74, 6) is 7.85. The Balaban J connectivity index is 0.993. The van der Waals surface area contributed by atoms with Crippen molar-refractivity contribution in [2.24, 2.45) is 0 Å². The van der Waals surface area contributed by atoms with Gasteiger partial charge in [0.05, 0.1) is 22.1 Å². The van der Waals surface area contributed by atoms with Crippen molar-refractivity contribution in [1.29, 1.82) is 0 Å². The summed E-state index contributed by atoms with van der Waals surface area (Å²) in [4.78, 5) is 7.57. The van der Waals surface area contributed by atoms with Crippen LogP contribution in [0, 0.1) is 11.8 Å². The normalized spacial score (nSPS) is 12.7. The average molecular weight is 743 g/mol. The Morgan fingerprint density at radius 2 is 1.02 bits per heavy atom. The zero-order valence-electron chi connectivity index (χ0n) is 32.3. The Kier molecular flexibility index (Phi) is 7.71. The minimum absolute atomic E-state index is 0.211. The molecule has 0 fully saturated rings. The smallest absolute Gasteiger partial charge is 0.220 e. The lowest BCUT2D eigenvalue weighted by Gasteiger charge is -2.25. The molecule has 8 aromatic carbocycles. The Labute approximate surface area is 337 Å². The summed E-state index contributed by atoms with van der Waals surface area (Å²) in [5.41, 5.74) is 15.6. The lowest BCUT2D eigenvalue weighted by Crippen LogP contribution is -2.15. The van der Waals surface area contributed by atoms with Crippen molar-refractivity contribution in [3.63, 3.8) is 0 Å². The highest BCUT2D eigenvalue weighted by molar-refractivity contribution is 6.11. The molecule has 2 aromatic heterocycles. The Morgan fingerprint density at radius 1 is 0.448 bits per heavy atom. The summed E-state index contributed by atoms with van der Waals surface area (Å²) in [6.07, 6.45) is 0. The topological polar surface area (TPSA) is 26.0 Å². The van der Waals surface area contributed by atoms with Crippen molar-refractivity contribution < 1.29 is 0 Å². The average Bonchev–Trinajstić information content (AvgIpc) is 3.88. The number of benzene rings is 8. The number of hydrogen-bond acceptors (Lipinski definition) is 2. The van der Waals surface area contributed by atoms with E-state index in [1.807, 2.05) is 0 Å². The summed E-state index contributed by atoms with van der Waals surface area (Å²) in [6, 6.07) is 68.8. The molecular formula is C54H38N4. The first-order valence-corrected chi connectivity index (χ1v) is 19.8. The number of rotatable bonds is 5. The third-order valence-electron chi connectivity index (χ3n) is 11.7. The first kappa shape index (κ1) is 33.7. The molecule has 58 heavy (non-hydrogen) atoms. The molecule has 0 amide bonds. The van der Waals surface area contributed by atoms with Crippen molar-refractivity contribution in [3.05, 3.63) is 216 Å². The van der Waals surface area contributed by atoms with Gasteiger partial charge in [-0.1, -0.05) is 117 Å². The third-order valence-corrected chi connectivity index (χ3v) is 11.7. The zero-order chi connectivity index (χ0) is 38.8. The second kappa shape index (κ2) is 13.3. The fraction of sp³-hybridized carbons (Fsp3) is 0.0556. The third kappa shape index (κ3) is 5.36. The molecule has 0 aliphatic heterocycles. The highest BCUT2D eigenvalue weighted by Gasteiger charge is 2.37. The van der Waals surface area contributed by atoms with E-state index in [1.54, 1.807) is 0 Å². The highest BCUT2D eigenvalue weighted by Crippen LogP contribution is 2.51. The molecule has 1 aliphatic carbocycles. The van der Waals surface area contributed by atoms with E-state index >= 15 is 0 Å². The van der Waals surface area contributed by atoms with Crippen LogP contribution in [0.5, 0.6) is 0 Å². The van der Waals surface area contributed by atoms with Crippen LogP contribution in [0.4, 0.5) is 17.1 Å². The lowest BCUT2D eigenvalue weighted by molar-refractivity contribution is 0.661. The van der Waals surface area contributed by atoms with Gasteiger partial charge in [-0.05, 0) is 125 Å². The summed E-state index contributed by atoms with van der Waals surface area (Å²) in [6.45, 7) is 4.69. The number of fused-ring (bicyclic) bond motifs is 7. The predicted molar refractivity (Wildman–Crippen MR) is 240 cm³/mol. The molecule has 0 bridgehead atoms. The Bertz CT molecular complexity index is 3190. The van der Waals surface area contributed by atoms with E-state index < -0.39 is 0 Å². The van der Waals surface area contributed by atoms with E-state index in [1.165, 1.54) is 33.0 Å². The maximum Gasteiger partial charge on any atom is 0.220 e. The van der Waals surface area contributed by atoms with Gasteiger partial charge in [-0.25, -0.2) is 4.98 Å². The highest BCUT2D eigenvalue weighted by atomic mass is 15.2. The number of imidazole rings is 1. The molecule has 4 nitrogen and oxygen atoms in total. The standard InChI is InChI=1S/C54H38N4/c1-54(2)47-34-38(27-26-37-28-31-42(32-29-37)56(39-16-6-3-7-17-39)40-18-8-4-9-19-40)30-33-43(47)45-36-52-46(35-48(45)54)44-22-12-14-24-50(44)58(52)53-55-49-23-13-15-25-51(49)57(53)41-20-10-5-11-21-41/h3-25,28-36H,1-2H3. The van der Waals surface area contributed by atoms with Crippen LogP contribution in [0.1, 0.15) is 36.1 Å². The van der Waals surface area contributed by atoms with Crippen molar-refractivity contribution in [2.45, 2.75) is 19.3 Å². The van der Waals surface area contributed by atoms with Crippen molar-refractivity contribution in [3.8, 4) is 34.6 Å². The number of nitrogens with zero attached hydrogens (tertiary/aromatic N) is 4. The van der Waals surface area contributed by atoms with Gasteiger partial charge in [0.15, 0.2) is 0 Å². The maximum absolute atomic E-state index is 5.30. The van der Waals surface area contributed by atoms with Gasteiger partial charge in [0.2, 0.25) is 5.95 Å². The molecule has 0 radical (unpaired) electrons. The number of para-hydroxylation sites is 6. The second-order valence-corrected chi connectivity index (χ2v) is 15.5. The van der Waals surface area contributed by atoms with Crippen LogP contribution in [0.3, 0.4) is 0 Å². The maximum atomic E-state index is 5.30. The SMILES string of the molecule is CC1(C)c2cc(C#Cc3ccc(N(c4ccccc4)c4ccccc4)cc3)ccc2-c2cc3c(cc21)c1ccccc1n3-c1nc2ccccc2n1-c1ccccc1. The van der Waals surface area contributed by atoms with Crippen molar-refractivity contribution >= 4 is 49.9 Å². The fourth-order valence-electron chi connectivity index (χ4n) is 8.92. The van der Waals surface area contributed by atoms with Crippen molar-refractivity contribution in [1.82, 2.24) is 14.1 Å². The largest absolute Gasteiger partial charge is 0.311 e. The van der Waals surface area contributed by atoms with E-state index in [9.17, 15) is 0 Å². The zero-order valence-corrected chi connectivity index (χ0v) is 32.3. The lowest BCUT2D eigenvalue weighted by atomic mass is 9.81. The predicted octanol–water partition coefficient (Wildman–Crippen LogP) is 13.3. The molecule has 0 unspecified atom stereocenters. The van der Waals surface area contributed by atoms with Crippen LogP contribution in [0.25, 0.3) is 55.6 Å². The molecule has 10 aromatic rings. The minimum Gasteiger partial charge on any atom is -0.311 e. The quantitative estimate of drug-likeness (QED) is 0.164. The Morgan fingerprint density at radius 3 is 1.74 bits per heavy atom. The van der Waals surface area contributed by atoms with E-state index in [0.717, 1.165) is 61.9 Å². The molecule has 11 rings (SSSR count). The van der Waals surface area contributed by atoms with Crippen LogP contribution in [0.2, 0.25) is 0 Å². The molecule has 0 atom stereocenters. The molecule has 0 N–H and O–H groups in total. The van der Waals surface area contributed by atoms with Gasteiger partial charge in [-0.3, -0.25) is 9.13 Å². The monoisotopic (exact) mass is 742 g/mol. The fourth-order valence-corrected chi connectivity index (χ4v) is 8.92.